The maximum absolute atomic E-state index is 4.13. The Kier molecular flexibility index (Phi) is 2.75. The van der Waals surface area contributed by atoms with E-state index in [2.05, 4.69) is 28.1 Å². The van der Waals surface area contributed by atoms with Crippen molar-refractivity contribution in [1.29, 1.82) is 0 Å². The van der Waals surface area contributed by atoms with Crippen molar-refractivity contribution in [2.24, 2.45) is 0 Å². The average molecular weight is 214 g/mol. The third kappa shape index (κ3) is 1.90. The van der Waals surface area contributed by atoms with Gasteiger partial charge in [0.05, 0.1) is 0 Å². The Morgan fingerprint density at radius 1 is 1.31 bits per heavy atom. The molecule has 0 radical (unpaired) electrons. The summed E-state index contributed by atoms with van der Waals surface area (Å²) < 4.78 is 0. The van der Waals surface area contributed by atoms with E-state index in [1.807, 2.05) is 18.5 Å². The molecule has 16 heavy (non-hydrogen) atoms. The molecule has 0 bridgehead atoms. The van der Waals surface area contributed by atoms with Crippen molar-refractivity contribution in [1.82, 2.24) is 9.88 Å². The molecule has 2 nitrogen and oxygen atoms in total. The molecule has 2 heteroatoms. The van der Waals surface area contributed by atoms with Gasteiger partial charge < -0.3 is 0 Å². The minimum Gasteiger partial charge on any atom is -0.294 e. The third-order valence-corrected chi connectivity index (χ3v) is 3.84. The Hall–Kier alpha value is -1.15. The van der Waals surface area contributed by atoms with Crippen LogP contribution >= 0.6 is 0 Å². The van der Waals surface area contributed by atoms with E-state index in [1.165, 1.54) is 37.8 Å². The first-order valence-electron chi connectivity index (χ1n) is 6.27. The molecule has 0 aromatic carbocycles. The number of aromatic nitrogens is 1. The number of hydrogen-bond donors (Lipinski definition) is 0. The zero-order valence-corrected chi connectivity index (χ0v) is 9.55. The van der Waals surface area contributed by atoms with Gasteiger partial charge in [-0.15, -0.1) is 0 Å². The lowest BCUT2D eigenvalue weighted by Crippen LogP contribution is -2.29. The van der Waals surface area contributed by atoms with Crippen molar-refractivity contribution in [3.8, 4) is 0 Å². The lowest BCUT2D eigenvalue weighted by Gasteiger charge is -2.20. The van der Waals surface area contributed by atoms with E-state index in [-0.39, 0.29) is 0 Å². The molecule has 2 aliphatic heterocycles. The topological polar surface area (TPSA) is 16.1 Å². The molecule has 2 aliphatic rings. The Morgan fingerprint density at radius 2 is 2.31 bits per heavy atom. The van der Waals surface area contributed by atoms with E-state index < -0.39 is 0 Å². The van der Waals surface area contributed by atoms with Gasteiger partial charge in [-0.1, -0.05) is 18.2 Å². The summed E-state index contributed by atoms with van der Waals surface area (Å²) in [6, 6.07) is 5.66. The summed E-state index contributed by atoms with van der Waals surface area (Å²) in [6.45, 7) is 1.30. The number of fused-ring (bicyclic) bond motifs is 1. The molecule has 0 saturated carbocycles. The van der Waals surface area contributed by atoms with Crippen LogP contribution < -0.4 is 0 Å². The lowest BCUT2D eigenvalue weighted by molar-refractivity contribution is 0.280. The summed E-state index contributed by atoms with van der Waals surface area (Å²) in [4.78, 5) is 6.81. The molecule has 84 valence electrons. The molecule has 2 unspecified atom stereocenters. The zero-order chi connectivity index (χ0) is 10.8. The van der Waals surface area contributed by atoms with Crippen molar-refractivity contribution in [2.45, 2.75) is 37.8 Å². The van der Waals surface area contributed by atoms with Crippen LogP contribution in [0.1, 0.15) is 31.2 Å². The van der Waals surface area contributed by atoms with Crippen molar-refractivity contribution < 1.29 is 0 Å². The highest BCUT2D eigenvalue weighted by Gasteiger charge is 2.34. The van der Waals surface area contributed by atoms with E-state index in [0.717, 1.165) is 6.04 Å². The molecule has 3 heterocycles. The maximum Gasteiger partial charge on any atom is 0.0340 e. The van der Waals surface area contributed by atoms with Crippen LogP contribution in [-0.2, 0) is 0 Å². The van der Waals surface area contributed by atoms with Gasteiger partial charge in [0.15, 0.2) is 0 Å². The van der Waals surface area contributed by atoms with Gasteiger partial charge in [-0.3, -0.25) is 9.88 Å². The fraction of sp³-hybridized carbons (Fsp3) is 0.500. The van der Waals surface area contributed by atoms with Gasteiger partial charge in [0.25, 0.3) is 0 Å². The first kappa shape index (κ1) is 10.0. The monoisotopic (exact) mass is 214 g/mol. The normalized spacial score (nSPS) is 30.0. The second kappa shape index (κ2) is 4.38. The molecular formula is C14H18N2. The van der Waals surface area contributed by atoms with Gasteiger partial charge >= 0.3 is 0 Å². The largest absolute Gasteiger partial charge is 0.294 e. The highest BCUT2D eigenvalue weighted by molar-refractivity contribution is 5.48. The van der Waals surface area contributed by atoms with E-state index >= 15 is 0 Å². The minimum absolute atomic E-state index is 0.674. The van der Waals surface area contributed by atoms with Crippen molar-refractivity contribution in [2.75, 3.05) is 6.54 Å². The summed E-state index contributed by atoms with van der Waals surface area (Å²) in [6.07, 6.45) is 13.9. The van der Waals surface area contributed by atoms with Gasteiger partial charge in [0.1, 0.15) is 0 Å². The van der Waals surface area contributed by atoms with Gasteiger partial charge in [-0.25, -0.2) is 0 Å². The van der Waals surface area contributed by atoms with Crippen LogP contribution in [0.25, 0.3) is 6.08 Å². The van der Waals surface area contributed by atoms with E-state index in [4.69, 9.17) is 0 Å². The highest BCUT2D eigenvalue weighted by Crippen LogP contribution is 2.33. The third-order valence-electron chi connectivity index (χ3n) is 3.84. The molecule has 2 atom stereocenters. The molecule has 0 N–H and O–H groups in total. The van der Waals surface area contributed by atoms with Crippen molar-refractivity contribution in [3.05, 3.63) is 36.2 Å². The van der Waals surface area contributed by atoms with Gasteiger partial charge in [0, 0.05) is 24.5 Å². The zero-order valence-electron chi connectivity index (χ0n) is 9.55. The van der Waals surface area contributed by atoms with Crippen molar-refractivity contribution in [3.63, 3.8) is 0 Å². The number of pyridine rings is 1. The number of rotatable bonds is 2. The fourth-order valence-electron chi connectivity index (χ4n) is 3.04. The summed E-state index contributed by atoms with van der Waals surface area (Å²) in [5.41, 5.74) is 1.21. The molecule has 2 fully saturated rings. The predicted octanol–water partition coefficient (Wildman–Crippen LogP) is 2.72. The van der Waals surface area contributed by atoms with Crippen LogP contribution in [0, 0.1) is 0 Å². The van der Waals surface area contributed by atoms with Crippen LogP contribution in [0.4, 0.5) is 0 Å². The summed E-state index contributed by atoms with van der Waals surface area (Å²) in [5.74, 6) is 0. The SMILES string of the molecule is C(=CC1CCC2CCCN12)c1cccnc1. The Morgan fingerprint density at radius 3 is 3.19 bits per heavy atom. The summed E-state index contributed by atoms with van der Waals surface area (Å²) in [5, 5.41) is 0. The van der Waals surface area contributed by atoms with Crippen LogP contribution in [0.2, 0.25) is 0 Å². The van der Waals surface area contributed by atoms with Crippen molar-refractivity contribution >= 4 is 6.08 Å². The van der Waals surface area contributed by atoms with Crippen LogP contribution in [0.5, 0.6) is 0 Å². The quantitative estimate of drug-likeness (QED) is 0.752. The molecule has 0 amide bonds. The van der Waals surface area contributed by atoms with Crippen LogP contribution in [0.15, 0.2) is 30.6 Å². The minimum atomic E-state index is 0.674. The van der Waals surface area contributed by atoms with E-state index in [9.17, 15) is 0 Å². The highest BCUT2D eigenvalue weighted by atomic mass is 15.2. The second-order valence-corrected chi connectivity index (χ2v) is 4.82. The molecule has 2 saturated heterocycles. The van der Waals surface area contributed by atoms with Crippen LogP contribution in [0.3, 0.4) is 0 Å². The average Bonchev–Trinajstić information content (AvgIpc) is 2.90. The molecule has 3 rings (SSSR count). The first-order chi connectivity index (χ1) is 7.93. The molecule has 1 aromatic rings. The smallest absolute Gasteiger partial charge is 0.0340 e. The molecule has 0 spiro atoms. The van der Waals surface area contributed by atoms with E-state index in [1.54, 1.807) is 0 Å². The first-order valence-corrected chi connectivity index (χ1v) is 6.27. The van der Waals surface area contributed by atoms with Gasteiger partial charge in [-0.05, 0) is 43.9 Å². The Labute approximate surface area is 97.0 Å². The fourth-order valence-corrected chi connectivity index (χ4v) is 3.04. The number of nitrogens with zero attached hydrogens (tertiary/aromatic N) is 2. The van der Waals surface area contributed by atoms with E-state index in [0.29, 0.717) is 6.04 Å². The summed E-state index contributed by atoms with van der Waals surface area (Å²) in [7, 11) is 0. The molecule has 0 aliphatic carbocycles. The van der Waals surface area contributed by atoms with Gasteiger partial charge in [0.2, 0.25) is 0 Å². The molecular weight excluding hydrogens is 196 g/mol. The number of hydrogen-bond acceptors (Lipinski definition) is 2. The van der Waals surface area contributed by atoms with Gasteiger partial charge in [-0.2, -0.15) is 0 Å². The molecule has 1 aromatic heterocycles. The lowest BCUT2D eigenvalue weighted by atomic mass is 10.1. The standard InChI is InChI=1S/C14H18N2/c1-3-12(11-15-9-1)5-6-14-8-7-13-4-2-10-16(13)14/h1,3,5-6,9,11,13-14H,2,4,7-8,10H2. The Bertz CT molecular complexity index is 372. The maximum atomic E-state index is 4.13. The summed E-state index contributed by atoms with van der Waals surface area (Å²) >= 11 is 0. The van der Waals surface area contributed by atoms with Crippen LogP contribution in [-0.4, -0.2) is 28.5 Å². The second-order valence-electron chi connectivity index (χ2n) is 4.82. The predicted molar refractivity (Wildman–Crippen MR) is 66.0 cm³/mol. The Balaban J connectivity index is 1.69.